The molecule has 0 spiro atoms. The largest absolute Gasteiger partial charge is 0.352 e. The van der Waals surface area contributed by atoms with Crippen molar-refractivity contribution in [3.8, 4) is 0 Å². The second kappa shape index (κ2) is 6.74. The van der Waals surface area contributed by atoms with E-state index in [2.05, 4.69) is 36.5 Å². The van der Waals surface area contributed by atoms with Gasteiger partial charge < -0.3 is 5.32 Å². The minimum Gasteiger partial charge on any atom is -0.352 e. The van der Waals surface area contributed by atoms with Crippen molar-refractivity contribution in [2.45, 2.75) is 52.5 Å². The first-order chi connectivity index (χ1) is 7.72. The zero-order valence-electron chi connectivity index (χ0n) is 10.8. The Hall–Kier alpha value is -0.770. The van der Waals surface area contributed by atoms with Crippen LogP contribution in [0.2, 0.25) is 0 Å². The van der Waals surface area contributed by atoms with Gasteiger partial charge in [-0.25, -0.2) is 5.84 Å². The quantitative estimate of drug-likeness (QED) is 0.295. The van der Waals surface area contributed by atoms with Crippen LogP contribution < -0.4 is 16.6 Å². The molecule has 4 nitrogen and oxygen atoms in total. The first-order valence-electron chi connectivity index (χ1n) is 6.50. The van der Waals surface area contributed by atoms with Crippen molar-refractivity contribution in [3.05, 3.63) is 0 Å². The molecule has 0 saturated heterocycles. The summed E-state index contributed by atoms with van der Waals surface area (Å²) >= 11 is 0. The van der Waals surface area contributed by atoms with Crippen LogP contribution in [0.5, 0.6) is 0 Å². The monoisotopic (exact) mass is 226 g/mol. The van der Waals surface area contributed by atoms with Crippen LogP contribution in [0.15, 0.2) is 4.99 Å². The van der Waals surface area contributed by atoms with Gasteiger partial charge in [0.2, 0.25) is 5.96 Å². The van der Waals surface area contributed by atoms with Gasteiger partial charge >= 0.3 is 0 Å². The van der Waals surface area contributed by atoms with Crippen molar-refractivity contribution in [3.63, 3.8) is 0 Å². The second-order valence-electron chi connectivity index (χ2n) is 4.73. The van der Waals surface area contributed by atoms with E-state index < -0.39 is 0 Å². The van der Waals surface area contributed by atoms with Gasteiger partial charge in [0.1, 0.15) is 0 Å². The average molecular weight is 226 g/mol. The molecule has 4 heteroatoms. The van der Waals surface area contributed by atoms with Crippen LogP contribution in [-0.2, 0) is 0 Å². The number of nitrogens with zero attached hydrogens (tertiary/aromatic N) is 1. The Morgan fingerprint density at radius 1 is 1.38 bits per heavy atom. The maximum absolute atomic E-state index is 5.46. The molecular weight excluding hydrogens is 200 g/mol. The summed E-state index contributed by atoms with van der Waals surface area (Å²) in [5.74, 6) is 7.77. The molecule has 0 aromatic carbocycles. The predicted octanol–water partition coefficient (Wildman–Crippen LogP) is 1.63. The topological polar surface area (TPSA) is 62.4 Å². The van der Waals surface area contributed by atoms with E-state index in [1.165, 1.54) is 19.3 Å². The molecule has 3 unspecified atom stereocenters. The highest BCUT2D eigenvalue weighted by Crippen LogP contribution is 2.33. The minimum atomic E-state index is 0.525. The van der Waals surface area contributed by atoms with Gasteiger partial charge in [-0.2, -0.15) is 0 Å². The van der Waals surface area contributed by atoms with Crippen LogP contribution in [0.3, 0.4) is 0 Å². The molecule has 1 rings (SSSR count). The molecule has 0 amide bonds. The van der Waals surface area contributed by atoms with Gasteiger partial charge in [0.05, 0.1) is 0 Å². The maximum atomic E-state index is 5.46. The number of rotatable bonds is 4. The van der Waals surface area contributed by atoms with Crippen molar-refractivity contribution in [1.82, 2.24) is 10.7 Å². The summed E-state index contributed by atoms with van der Waals surface area (Å²) in [5, 5.41) is 3.43. The summed E-state index contributed by atoms with van der Waals surface area (Å²) in [4.78, 5) is 4.38. The van der Waals surface area contributed by atoms with Crippen LogP contribution in [0.4, 0.5) is 0 Å². The molecule has 1 saturated carbocycles. The third-order valence-electron chi connectivity index (χ3n) is 3.70. The van der Waals surface area contributed by atoms with Crippen LogP contribution >= 0.6 is 0 Å². The summed E-state index contributed by atoms with van der Waals surface area (Å²) in [6.07, 6.45) is 4.87. The number of hydrogen-bond acceptors (Lipinski definition) is 2. The normalized spacial score (nSPS) is 30.5. The lowest BCUT2D eigenvalue weighted by atomic mass is 9.93. The first-order valence-corrected chi connectivity index (χ1v) is 6.50. The molecule has 0 aliphatic heterocycles. The Morgan fingerprint density at radius 3 is 2.62 bits per heavy atom. The zero-order valence-corrected chi connectivity index (χ0v) is 10.8. The summed E-state index contributed by atoms with van der Waals surface area (Å²) in [6, 6.07) is 0.525. The van der Waals surface area contributed by atoms with Crippen LogP contribution in [-0.4, -0.2) is 18.5 Å². The van der Waals surface area contributed by atoms with Gasteiger partial charge in [-0.3, -0.25) is 10.4 Å². The fourth-order valence-corrected chi connectivity index (χ4v) is 2.56. The average Bonchev–Trinajstić information content (AvgIpc) is 2.65. The molecule has 0 bridgehead atoms. The number of aliphatic imine (C=N–C) groups is 1. The number of nitrogens with one attached hydrogen (secondary N) is 2. The molecule has 4 N–H and O–H groups in total. The van der Waals surface area contributed by atoms with Crippen molar-refractivity contribution in [2.24, 2.45) is 22.7 Å². The number of nitrogens with two attached hydrogens (primary N) is 1. The van der Waals surface area contributed by atoms with Crippen molar-refractivity contribution >= 4 is 5.96 Å². The number of hydrogen-bond donors (Lipinski definition) is 3. The van der Waals surface area contributed by atoms with Crippen molar-refractivity contribution in [1.29, 1.82) is 0 Å². The highest BCUT2D eigenvalue weighted by molar-refractivity contribution is 5.79. The van der Waals surface area contributed by atoms with Gasteiger partial charge in [0.25, 0.3) is 0 Å². The summed E-state index contributed by atoms with van der Waals surface area (Å²) < 4.78 is 0. The van der Waals surface area contributed by atoms with Gasteiger partial charge in [0, 0.05) is 12.6 Å². The Kier molecular flexibility index (Phi) is 5.60. The molecule has 0 aromatic heterocycles. The second-order valence-corrected chi connectivity index (χ2v) is 4.73. The van der Waals surface area contributed by atoms with Gasteiger partial charge in [-0.1, -0.05) is 27.2 Å². The molecule has 1 aliphatic carbocycles. The lowest BCUT2D eigenvalue weighted by Gasteiger charge is -2.22. The molecule has 3 atom stereocenters. The van der Waals surface area contributed by atoms with Crippen molar-refractivity contribution in [2.75, 3.05) is 6.54 Å². The summed E-state index contributed by atoms with van der Waals surface area (Å²) in [6.45, 7) is 7.54. The highest BCUT2D eigenvalue weighted by Gasteiger charge is 2.31. The lowest BCUT2D eigenvalue weighted by Crippen LogP contribution is -2.47. The molecule has 94 valence electrons. The predicted molar refractivity (Wildman–Crippen MR) is 69.0 cm³/mol. The van der Waals surface area contributed by atoms with E-state index in [1.807, 2.05) is 0 Å². The summed E-state index contributed by atoms with van der Waals surface area (Å²) in [5.41, 5.74) is 2.66. The SMILES string of the molecule is CCCN=C(NN)NC1CCC(CC)C1C. The standard InChI is InChI=1S/C12H26N4/c1-4-8-14-12(16-13)15-11-7-6-10(5-2)9(11)3/h9-11H,4-8,13H2,1-3H3,(H2,14,15,16). The molecular formula is C12H26N4. The first kappa shape index (κ1) is 13.3. The van der Waals surface area contributed by atoms with Crippen LogP contribution in [0.25, 0.3) is 0 Å². The zero-order chi connectivity index (χ0) is 12.0. The summed E-state index contributed by atoms with van der Waals surface area (Å²) in [7, 11) is 0. The smallest absolute Gasteiger partial charge is 0.205 e. The molecule has 1 aliphatic rings. The molecule has 0 aromatic rings. The Labute approximate surface area is 99.1 Å². The Morgan fingerprint density at radius 2 is 2.12 bits per heavy atom. The molecule has 0 heterocycles. The third kappa shape index (κ3) is 3.37. The highest BCUT2D eigenvalue weighted by atomic mass is 15.3. The van der Waals surface area contributed by atoms with Gasteiger partial charge in [-0.15, -0.1) is 0 Å². The van der Waals surface area contributed by atoms with E-state index in [-0.39, 0.29) is 0 Å². The van der Waals surface area contributed by atoms with Crippen LogP contribution in [0, 0.1) is 11.8 Å². The van der Waals surface area contributed by atoms with E-state index in [4.69, 9.17) is 5.84 Å². The lowest BCUT2D eigenvalue weighted by molar-refractivity contribution is 0.366. The fourth-order valence-electron chi connectivity index (χ4n) is 2.56. The van der Waals surface area contributed by atoms with Gasteiger partial charge in [0.15, 0.2) is 0 Å². The van der Waals surface area contributed by atoms with E-state index in [0.29, 0.717) is 12.0 Å². The molecule has 16 heavy (non-hydrogen) atoms. The number of guanidine groups is 1. The van der Waals surface area contributed by atoms with Gasteiger partial charge in [-0.05, 0) is 31.1 Å². The third-order valence-corrected chi connectivity index (χ3v) is 3.70. The van der Waals surface area contributed by atoms with E-state index >= 15 is 0 Å². The number of hydrazine groups is 1. The Balaban J connectivity index is 2.47. The fraction of sp³-hybridized carbons (Fsp3) is 0.917. The van der Waals surface area contributed by atoms with E-state index in [9.17, 15) is 0 Å². The van der Waals surface area contributed by atoms with E-state index in [1.54, 1.807) is 0 Å². The van der Waals surface area contributed by atoms with E-state index in [0.717, 1.165) is 24.8 Å². The molecule has 0 radical (unpaired) electrons. The minimum absolute atomic E-state index is 0.525. The molecule has 1 fully saturated rings. The maximum Gasteiger partial charge on any atom is 0.205 e. The van der Waals surface area contributed by atoms with Crippen LogP contribution in [0.1, 0.15) is 46.5 Å². The van der Waals surface area contributed by atoms with Crippen molar-refractivity contribution < 1.29 is 0 Å². The Bertz CT molecular complexity index is 227.